The van der Waals surface area contributed by atoms with Gasteiger partial charge in [0.1, 0.15) is 6.54 Å². The summed E-state index contributed by atoms with van der Waals surface area (Å²) in [5.41, 5.74) is 1.16. The zero-order chi connectivity index (χ0) is 24.1. The van der Waals surface area contributed by atoms with Crippen LogP contribution < -0.4 is 9.73 Å². The van der Waals surface area contributed by atoms with Crippen LogP contribution in [-0.4, -0.2) is 27.1 Å². The molecule has 3 aromatic carbocycles. The van der Waals surface area contributed by atoms with Gasteiger partial charge in [0.2, 0.25) is 0 Å². The fraction of sp³-hybridized carbons (Fsp3) is 0.0909. The molecule has 11 heteroatoms. The van der Waals surface area contributed by atoms with E-state index in [9.17, 15) is 26.4 Å². The second-order valence-corrected chi connectivity index (χ2v) is 9.46. The highest BCUT2D eigenvalue weighted by Crippen LogP contribution is 2.31. The Labute approximate surface area is 196 Å². The van der Waals surface area contributed by atoms with Crippen molar-refractivity contribution in [1.29, 1.82) is 0 Å². The molecule has 3 aromatic rings. The number of hydrogen-bond acceptors (Lipinski definition) is 4. The van der Waals surface area contributed by atoms with Crippen molar-refractivity contribution < 1.29 is 26.4 Å². The summed E-state index contributed by atoms with van der Waals surface area (Å²) in [7, 11) is -4.11. The molecule has 0 fully saturated rings. The van der Waals surface area contributed by atoms with Crippen LogP contribution in [-0.2, 0) is 21.0 Å². The first-order valence-corrected chi connectivity index (χ1v) is 11.6. The van der Waals surface area contributed by atoms with E-state index in [2.05, 4.69) is 26.5 Å². The van der Waals surface area contributed by atoms with Crippen molar-refractivity contribution in [3.8, 4) is 0 Å². The number of carbonyl (C=O) groups excluding carboxylic acids is 1. The Kier molecular flexibility index (Phi) is 7.54. The van der Waals surface area contributed by atoms with Gasteiger partial charge in [0.05, 0.1) is 22.4 Å². The zero-order valence-corrected chi connectivity index (χ0v) is 19.2. The maximum absolute atomic E-state index is 13.2. The number of nitrogens with one attached hydrogen (secondary N) is 1. The number of rotatable bonds is 7. The van der Waals surface area contributed by atoms with Crippen molar-refractivity contribution in [3.63, 3.8) is 0 Å². The SMILES string of the molecule is O=C(CN(c1ccc(Br)cc1)S(=O)(=O)c1ccccc1)N/N=C\c1ccccc1C(F)(F)F. The summed E-state index contributed by atoms with van der Waals surface area (Å²) in [6.45, 7) is -0.642. The van der Waals surface area contributed by atoms with E-state index in [0.29, 0.717) is 4.47 Å². The molecule has 172 valence electrons. The molecule has 0 heterocycles. The molecule has 3 rings (SSSR count). The van der Waals surface area contributed by atoms with Gasteiger partial charge in [0.25, 0.3) is 15.9 Å². The van der Waals surface area contributed by atoms with E-state index in [1.165, 1.54) is 42.5 Å². The molecule has 6 nitrogen and oxygen atoms in total. The average Bonchev–Trinajstić information content (AvgIpc) is 2.78. The summed E-state index contributed by atoms with van der Waals surface area (Å²) in [5, 5.41) is 3.58. The largest absolute Gasteiger partial charge is 0.417 e. The first-order chi connectivity index (χ1) is 15.6. The topological polar surface area (TPSA) is 78.8 Å². The number of amides is 1. The smallest absolute Gasteiger partial charge is 0.271 e. The van der Waals surface area contributed by atoms with Crippen LogP contribution in [0.25, 0.3) is 0 Å². The van der Waals surface area contributed by atoms with Gasteiger partial charge < -0.3 is 0 Å². The van der Waals surface area contributed by atoms with Gasteiger partial charge in [-0.25, -0.2) is 13.8 Å². The minimum absolute atomic E-state index is 0.0247. The molecule has 0 spiro atoms. The number of benzene rings is 3. The zero-order valence-electron chi connectivity index (χ0n) is 16.8. The van der Waals surface area contributed by atoms with Crippen LogP contribution in [0.2, 0.25) is 0 Å². The number of hydrogen-bond donors (Lipinski definition) is 1. The van der Waals surface area contributed by atoms with E-state index in [0.717, 1.165) is 16.6 Å². The lowest BCUT2D eigenvalue weighted by Crippen LogP contribution is -2.39. The van der Waals surface area contributed by atoms with Gasteiger partial charge in [-0.15, -0.1) is 0 Å². The first-order valence-electron chi connectivity index (χ1n) is 9.40. The Balaban J connectivity index is 1.83. The van der Waals surface area contributed by atoms with Gasteiger partial charge in [-0.05, 0) is 42.5 Å². The fourth-order valence-corrected chi connectivity index (χ4v) is 4.56. The minimum Gasteiger partial charge on any atom is -0.271 e. The van der Waals surface area contributed by atoms with Crippen molar-refractivity contribution in [1.82, 2.24) is 5.43 Å². The van der Waals surface area contributed by atoms with Gasteiger partial charge >= 0.3 is 6.18 Å². The summed E-state index contributed by atoms with van der Waals surface area (Å²) in [6.07, 6.45) is -3.73. The molecule has 0 aliphatic carbocycles. The molecule has 0 saturated carbocycles. The normalized spacial score (nSPS) is 12.0. The molecule has 0 aliphatic heterocycles. The van der Waals surface area contributed by atoms with Gasteiger partial charge in [-0.2, -0.15) is 18.3 Å². The number of carbonyl (C=O) groups is 1. The van der Waals surface area contributed by atoms with E-state index in [-0.39, 0.29) is 16.1 Å². The molecule has 0 aromatic heterocycles. The summed E-state index contributed by atoms with van der Waals surface area (Å²) in [6, 6.07) is 18.5. The van der Waals surface area contributed by atoms with Crippen molar-refractivity contribution in [2.24, 2.45) is 5.10 Å². The minimum atomic E-state index is -4.59. The second kappa shape index (κ2) is 10.2. The number of alkyl halides is 3. The molecular formula is C22H17BrF3N3O3S. The molecule has 0 saturated heterocycles. The first kappa shape index (κ1) is 24.5. The number of anilines is 1. The quantitative estimate of drug-likeness (QED) is 0.345. The molecule has 0 bridgehead atoms. The van der Waals surface area contributed by atoms with Crippen LogP contribution in [0, 0.1) is 0 Å². The van der Waals surface area contributed by atoms with E-state index in [1.54, 1.807) is 30.3 Å². The third kappa shape index (κ3) is 6.20. The second-order valence-electron chi connectivity index (χ2n) is 6.68. The predicted octanol–water partition coefficient (Wildman–Crippen LogP) is 4.81. The van der Waals surface area contributed by atoms with Crippen LogP contribution in [0.5, 0.6) is 0 Å². The van der Waals surface area contributed by atoms with Crippen LogP contribution in [0.1, 0.15) is 11.1 Å². The van der Waals surface area contributed by atoms with Gasteiger partial charge in [-0.1, -0.05) is 52.3 Å². The lowest BCUT2D eigenvalue weighted by atomic mass is 10.1. The van der Waals surface area contributed by atoms with Crippen molar-refractivity contribution in [3.05, 3.63) is 94.5 Å². The maximum Gasteiger partial charge on any atom is 0.417 e. The third-order valence-electron chi connectivity index (χ3n) is 4.39. The molecule has 0 atom stereocenters. The van der Waals surface area contributed by atoms with Crippen LogP contribution in [0.15, 0.2) is 93.3 Å². The summed E-state index contributed by atoms with van der Waals surface area (Å²) < 4.78 is 67.2. The highest BCUT2D eigenvalue weighted by atomic mass is 79.9. The Morgan fingerprint density at radius 2 is 1.58 bits per heavy atom. The Hall–Kier alpha value is -3.18. The highest BCUT2D eigenvalue weighted by molar-refractivity contribution is 9.10. The van der Waals surface area contributed by atoms with Crippen LogP contribution in [0.4, 0.5) is 18.9 Å². The average molecular weight is 540 g/mol. The van der Waals surface area contributed by atoms with Gasteiger partial charge in [0, 0.05) is 10.0 Å². The summed E-state index contributed by atoms with van der Waals surface area (Å²) in [5.74, 6) is -0.835. The maximum atomic E-state index is 13.2. The fourth-order valence-electron chi connectivity index (χ4n) is 2.85. The molecule has 33 heavy (non-hydrogen) atoms. The van der Waals surface area contributed by atoms with E-state index in [1.807, 2.05) is 0 Å². The van der Waals surface area contributed by atoms with Crippen molar-refractivity contribution >= 4 is 43.8 Å². The van der Waals surface area contributed by atoms with Crippen molar-refractivity contribution in [2.45, 2.75) is 11.1 Å². The van der Waals surface area contributed by atoms with E-state index in [4.69, 9.17) is 0 Å². The predicted molar refractivity (Wildman–Crippen MR) is 122 cm³/mol. The standard InChI is InChI=1S/C22H17BrF3N3O3S/c23-17-10-12-18(13-11-17)29(33(31,32)19-7-2-1-3-8-19)15-21(30)28-27-14-16-6-4-5-9-20(16)22(24,25)26/h1-14H,15H2,(H,28,30)/b27-14-. The summed E-state index contributed by atoms with van der Waals surface area (Å²) in [4.78, 5) is 12.5. The molecule has 0 radical (unpaired) electrons. The molecule has 1 amide bonds. The number of sulfonamides is 1. The van der Waals surface area contributed by atoms with E-state index >= 15 is 0 Å². The lowest BCUT2D eigenvalue weighted by molar-refractivity contribution is -0.137. The molecule has 0 unspecified atom stereocenters. The number of nitrogens with zero attached hydrogens (tertiary/aromatic N) is 2. The van der Waals surface area contributed by atoms with E-state index < -0.39 is 34.2 Å². The third-order valence-corrected chi connectivity index (χ3v) is 6.71. The van der Waals surface area contributed by atoms with Crippen LogP contribution in [0.3, 0.4) is 0 Å². The summed E-state index contributed by atoms with van der Waals surface area (Å²) >= 11 is 3.27. The molecular weight excluding hydrogens is 523 g/mol. The lowest BCUT2D eigenvalue weighted by Gasteiger charge is -2.23. The van der Waals surface area contributed by atoms with Crippen molar-refractivity contribution in [2.75, 3.05) is 10.8 Å². The van der Waals surface area contributed by atoms with Gasteiger partial charge in [0.15, 0.2) is 0 Å². The number of halogens is 4. The highest BCUT2D eigenvalue weighted by Gasteiger charge is 2.32. The Morgan fingerprint density at radius 1 is 0.970 bits per heavy atom. The Bertz CT molecular complexity index is 1250. The monoisotopic (exact) mass is 539 g/mol. The van der Waals surface area contributed by atoms with Crippen LogP contribution >= 0.6 is 15.9 Å². The Morgan fingerprint density at radius 3 is 2.21 bits per heavy atom. The number of hydrazone groups is 1. The molecule has 0 aliphatic rings. The van der Waals surface area contributed by atoms with Gasteiger partial charge in [-0.3, -0.25) is 9.10 Å². The molecule has 1 N–H and O–H groups in total.